The van der Waals surface area contributed by atoms with Crippen molar-refractivity contribution in [3.63, 3.8) is 0 Å². The Morgan fingerprint density at radius 1 is 1.11 bits per heavy atom. The van der Waals surface area contributed by atoms with Crippen LogP contribution in [0.2, 0.25) is 0 Å². The lowest BCUT2D eigenvalue weighted by Gasteiger charge is -2.36. The zero-order chi connectivity index (χ0) is 24.4. The number of carbonyl (C=O) groups excluding carboxylic acids is 2. The van der Waals surface area contributed by atoms with Gasteiger partial charge in [0.1, 0.15) is 11.4 Å². The van der Waals surface area contributed by atoms with Gasteiger partial charge in [-0.1, -0.05) is 18.2 Å². The highest BCUT2D eigenvalue weighted by atomic mass is 19.1. The number of amides is 2. The van der Waals surface area contributed by atoms with Crippen LogP contribution in [-0.2, 0) is 6.42 Å². The van der Waals surface area contributed by atoms with Gasteiger partial charge in [-0.15, -0.1) is 0 Å². The number of piperidine rings is 1. The Morgan fingerprint density at radius 3 is 2.77 bits per heavy atom. The molecule has 3 aromatic heterocycles. The molecule has 0 aliphatic carbocycles. The van der Waals surface area contributed by atoms with E-state index in [1.807, 2.05) is 11.0 Å². The zero-order valence-corrected chi connectivity index (χ0v) is 19.3. The molecule has 1 unspecified atom stereocenters. The maximum Gasteiger partial charge on any atom is 0.256 e. The average Bonchev–Trinajstić information content (AvgIpc) is 3.34. The van der Waals surface area contributed by atoms with Crippen LogP contribution in [0.5, 0.6) is 0 Å². The van der Waals surface area contributed by atoms with E-state index in [2.05, 4.69) is 20.4 Å². The van der Waals surface area contributed by atoms with E-state index in [-0.39, 0.29) is 23.7 Å². The molecule has 4 aromatic rings. The first-order valence-corrected chi connectivity index (χ1v) is 11.6. The van der Waals surface area contributed by atoms with Crippen LogP contribution in [0.1, 0.15) is 63.0 Å². The first-order chi connectivity index (χ1) is 17.1. The normalized spacial score (nSPS) is 15.8. The zero-order valence-electron chi connectivity index (χ0n) is 19.3. The first kappa shape index (κ1) is 22.6. The van der Waals surface area contributed by atoms with E-state index in [0.29, 0.717) is 41.0 Å². The second-order valence-electron chi connectivity index (χ2n) is 8.56. The standard InChI is InChI=1S/C26H25FN6O2/c1-28-25(34)20-16-31-33-23(10-12-30-24(20)33)22-8-4-5-13-32(22)26(35)18-9-11-29-19(15-18)14-17-6-2-3-7-21(17)27/h2-3,6-7,9-12,15-16,22H,4-5,8,13-14H2,1H3,(H,28,34). The smallest absolute Gasteiger partial charge is 0.256 e. The van der Waals surface area contributed by atoms with Crippen molar-refractivity contribution in [2.24, 2.45) is 0 Å². The summed E-state index contributed by atoms with van der Waals surface area (Å²) in [5.41, 5.74) is 3.31. The van der Waals surface area contributed by atoms with Crippen LogP contribution in [-0.4, -0.2) is 49.9 Å². The lowest BCUT2D eigenvalue weighted by Crippen LogP contribution is -2.39. The fourth-order valence-electron chi connectivity index (χ4n) is 4.65. The number of rotatable bonds is 5. The molecule has 1 fully saturated rings. The molecule has 4 heterocycles. The van der Waals surface area contributed by atoms with Gasteiger partial charge in [0.2, 0.25) is 0 Å². The highest BCUT2D eigenvalue weighted by Gasteiger charge is 2.31. The fourth-order valence-corrected chi connectivity index (χ4v) is 4.65. The number of likely N-dealkylation sites (tertiary alicyclic amines) is 1. The Bertz CT molecular complexity index is 1400. The number of carbonyl (C=O) groups is 2. The van der Waals surface area contributed by atoms with Crippen molar-refractivity contribution in [3.05, 3.63) is 95.0 Å². The van der Waals surface area contributed by atoms with E-state index in [1.165, 1.54) is 12.3 Å². The van der Waals surface area contributed by atoms with Crippen molar-refractivity contribution in [1.82, 2.24) is 29.8 Å². The molecular formula is C26H25FN6O2. The van der Waals surface area contributed by atoms with Crippen molar-refractivity contribution in [1.29, 1.82) is 0 Å². The maximum absolute atomic E-state index is 14.1. The molecule has 2 amide bonds. The van der Waals surface area contributed by atoms with Crippen LogP contribution in [0.15, 0.2) is 61.1 Å². The highest BCUT2D eigenvalue weighted by molar-refractivity contribution is 5.99. The summed E-state index contributed by atoms with van der Waals surface area (Å²) in [4.78, 5) is 36.4. The molecule has 1 atom stereocenters. The summed E-state index contributed by atoms with van der Waals surface area (Å²) >= 11 is 0. The Morgan fingerprint density at radius 2 is 1.94 bits per heavy atom. The summed E-state index contributed by atoms with van der Waals surface area (Å²) in [6.07, 6.45) is 7.68. The number of pyridine rings is 1. The molecule has 1 aliphatic rings. The van der Waals surface area contributed by atoms with Crippen molar-refractivity contribution >= 4 is 17.5 Å². The molecule has 1 saturated heterocycles. The molecule has 1 aromatic carbocycles. The fraction of sp³-hybridized carbons (Fsp3) is 0.269. The minimum absolute atomic E-state index is 0.115. The highest BCUT2D eigenvalue weighted by Crippen LogP contribution is 2.32. The van der Waals surface area contributed by atoms with Crippen LogP contribution in [0.25, 0.3) is 5.65 Å². The summed E-state index contributed by atoms with van der Waals surface area (Å²) < 4.78 is 15.8. The van der Waals surface area contributed by atoms with E-state index in [9.17, 15) is 14.0 Å². The third-order valence-electron chi connectivity index (χ3n) is 6.40. The van der Waals surface area contributed by atoms with Crippen LogP contribution < -0.4 is 5.32 Å². The molecule has 35 heavy (non-hydrogen) atoms. The second-order valence-corrected chi connectivity index (χ2v) is 8.56. The number of hydrogen-bond donors (Lipinski definition) is 1. The summed E-state index contributed by atoms with van der Waals surface area (Å²) in [6.45, 7) is 0.599. The second kappa shape index (κ2) is 9.61. The lowest BCUT2D eigenvalue weighted by atomic mass is 9.97. The molecule has 0 saturated carbocycles. The van der Waals surface area contributed by atoms with Gasteiger partial charge in [-0.05, 0) is 49.1 Å². The predicted molar refractivity (Wildman–Crippen MR) is 127 cm³/mol. The predicted octanol–water partition coefficient (Wildman–Crippen LogP) is 3.58. The van der Waals surface area contributed by atoms with Crippen LogP contribution in [0, 0.1) is 5.82 Å². The number of nitrogens with zero attached hydrogens (tertiary/aromatic N) is 5. The summed E-state index contributed by atoms with van der Waals surface area (Å²) in [5.74, 6) is -0.671. The topological polar surface area (TPSA) is 92.5 Å². The molecule has 178 valence electrons. The molecule has 1 aliphatic heterocycles. The Labute approximate surface area is 201 Å². The number of halogens is 1. The molecule has 5 rings (SSSR count). The van der Waals surface area contributed by atoms with Crippen molar-refractivity contribution in [2.75, 3.05) is 13.6 Å². The number of fused-ring (bicyclic) bond motifs is 1. The largest absolute Gasteiger partial charge is 0.355 e. The molecule has 0 spiro atoms. The van der Waals surface area contributed by atoms with Crippen LogP contribution >= 0.6 is 0 Å². The monoisotopic (exact) mass is 472 g/mol. The van der Waals surface area contributed by atoms with Gasteiger partial charge in [0.25, 0.3) is 11.8 Å². The SMILES string of the molecule is CNC(=O)c1cnn2c(C3CCCCN3C(=O)c3ccnc(Cc4ccccc4F)c3)ccnc12. The van der Waals surface area contributed by atoms with Gasteiger partial charge < -0.3 is 10.2 Å². The number of nitrogens with one attached hydrogen (secondary N) is 1. The number of benzene rings is 1. The number of hydrogen-bond acceptors (Lipinski definition) is 5. The molecule has 8 nitrogen and oxygen atoms in total. The number of aromatic nitrogens is 4. The minimum atomic E-state index is -0.292. The van der Waals surface area contributed by atoms with E-state index < -0.39 is 0 Å². The van der Waals surface area contributed by atoms with E-state index in [0.717, 1.165) is 25.0 Å². The van der Waals surface area contributed by atoms with Crippen molar-refractivity contribution in [2.45, 2.75) is 31.7 Å². The molecular weight excluding hydrogens is 447 g/mol. The lowest BCUT2D eigenvalue weighted by molar-refractivity contribution is 0.0602. The van der Waals surface area contributed by atoms with E-state index in [4.69, 9.17) is 0 Å². The van der Waals surface area contributed by atoms with Crippen LogP contribution in [0.4, 0.5) is 4.39 Å². The Balaban J connectivity index is 1.46. The third-order valence-corrected chi connectivity index (χ3v) is 6.40. The molecule has 0 radical (unpaired) electrons. The van der Waals surface area contributed by atoms with Gasteiger partial charge in [0.15, 0.2) is 5.65 Å². The minimum Gasteiger partial charge on any atom is -0.355 e. The first-order valence-electron chi connectivity index (χ1n) is 11.6. The van der Waals surface area contributed by atoms with Gasteiger partial charge >= 0.3 is 0 Å². The maximum atomic E-state index is 14.1. The third kappa shape index (κ3) is 4.37. The summed E-state index contributed by atoms with van der Waals surface area (Å²) in [6, 6.07) is 11.6. The van der Waals surface area contributed by atoms with Gasteiger partial charge in [-0.3, -0.25) is 14.6 Å². The average molecular weight is 473 g/mol. The molecule has 1 N–H and O–H groups in total. The summed E-state index contributed by atoms with van der Waals surface area (Å²) in [7, 11) is 1.56. The molecule has 9 heteroatoms. The van der Waals surface area contributed by atoms with Gasteiger partial charge in [-0.2, -0.15) is 5.10 Å². The van der Waals surface area contributed by atoms with Gasteiger partial charge in [-0.25, -0.2) is 13.9 Å². The van der Waals surface area contributed by atoms with Crippen molar-refractivity contribution in [3.8, 4) is 0 Å². The quantitative estimate of drug-likeness (QED) is 0.479. The van der Waals surface area contributed by atoms with Gasteiger partial charge in [0.05, 0.1) is 17.9 Å². The van der Waals surface area contributed by atoms with Crippen molar-refractivity contribution < 1.29 is 14.0 Å². The van der Waals surface area contributed by atoms with Gasteiger partial charge in [0, 0.05) is 43.7 Å². The Kier molecular flexibility index (Phi) is 6.22. The van der Waals surface area contributed by atoms with E-state index in [1.54, 1.807) is 54.3 Å². The van der Waals surface area contributed by atoms with E-state index >= 15 is 0 Å². The Hall–Kier alpha value is -4.14. The summed E-state index contributed by atoms with van der Waals surface area (Å²) in [5, 5.41) is 7.02. The molecule has 0 bridgehead atoms. The van der Waals surface area contributed by atoms with Crippen LogP contribution in [0.3, 0.4) is 0 Å².